The van der Waals surface area contributed by atoms with Gasteiger partial charge in [-0.3, -0.25) is 9.69 Å². The Morgan fingerprint density at radius 3 is 2.61 bits per heavy atom. The number of H-pyrrole nitrogens is 1. The minimum absolute atomic E-state index is 0.291. The molecule has 2 aliphatic rings. The lowest BCUT2D eigenvalue weighted by Gasteiger charge is -2.40. The van der Waals surface area contributed by atoms with Crippen molar-refractivity contribution >= 4 is 17.4 Å². The van der Waals surface area contributed by atoms with Gasteiger partial charge in [0.25, 0.3) is 6.47 Å². The summed E-state index contributed by atoms with van der Waals surface area (Å²) in [7, 11) is 3.40. The number of ether oxygens (including phenoxy) is 4. The van der Waals surface area contributed by atoms with E-state index in [4.69, 9.17) is 18.9 Å². The molecule has 4 aromatic rings. The number of aromatic nitrogens is 1. The molecule has 0 fully saturated rings. The normalized spacial score (nSPS) is 16.6. The first kappa shape index (κ1) is 22.5. The average molecular weight is 485 g/mol. The van der Waals surface area contributed by atoms with Crippen LogP contribution >= 0.6 is 0 Å². The third kappa shape index (κ3) is 3.95. The van der Waals surface area contributed by atoms with Crippen molar-refractivity contribution in [2.24, 2.45) is 0 Å². The minimum Gasteiger partial charge on any atom is -0.497 e. The number of benzene rings is 3. The van der Waals surface area contributed by atoms with Crippen molar-refractivity contribution in [3.63, 3.8) is 0 Å². The zero-order valence-electron chi connectivity index (χ0n) is 20.4. The van der Waals surface area contributed by atoms with Crippen LogP contribution in [0.3, 0.4) is 0 Å². The number of nitrogens with zero attached hydrogens (tertiary/aromatic N) is 1. The molecule has 0 bridgehead atoms. The summed E-state index contributed by atoms with van der Waals surface area (Å²) in [4.78, 5) is 16.7. The van der Waals surface area contributed by atoms with E-state index in [-0.39, 0.29) is 0 Å². The minimum atomic E-state index is 0.291. The second kappa shape index (κ2) is 9.24. The van der Waals surface area contributed by atoms with Crippen molar-refractivity contribution in [1.82, 2.24) is 9.88 Å². The molecule has 1 aromatic heterocycles. The maximum absolute atomic E-state index is 10.5. The number of rotatable bonds is 7. The summed E-state index contributed by atoms with van der Waals surface area (Å²) < 4.78 is 22.3. The zero-order valence-corrected chi connectivity index (χ0v) is 20.4. The van der Waals surface area contributed by atoms with Crippen molar-refractivity contribution in [3.8, 4) is 23.0 Å². The van der Waals surface area contributed by atoms with Gasteiger partial charge in [-0.1, -0.05) is 12.1 Å². The smallest absolute Gasteiger partial charge is 0.298 e. The Morgan fingerprint density at radius 2 is 1.83 bits per heavy atom. The number of carbonyl (C=O) groups is 1. The van der Waals surface area contributed by atoms with Gasteiger partial charge in [0.2, 0.25) is 0 Å². The quantitative estimate of drug-likeness (QED) is 0.374. The molecule has 1 atom stereocenters. The van der Waals surface area contributed by atoms with E-state index >= 15 is 0 Å². The highest BCUT2D eigenvalue weighted by atomic mass is 16.5. The lowest BCUT2D eigenvalue weighted by molar-refractivity contribution is -0.120. The van der Waals surface area contributed by atoms with E-state index in [0.29, 0.717) is 24.9 Å². The molecule has 0 saturated heterocycles. The van der Waals surface area contributed by atoms with Crippen LogP contribution < -0.4 is 18.9 Å². The highest BCUT2D eigenvalue weighted by molar-refractivity contribution is 5.86. The molecule has 7 nitrogen and oxygen atoms in total. The molecule has 7 heteroatoms. The Kier molecular flexibility index (Phi) is 5.77. The number of methoxy groups -OCH3 is 2. The first-order chi connectivity index (χ1) is 17.7. The molecule has 0 spiro atoms. The van der Waals surface area contributed by atoms with Crippen LogP contribution in [0, 0.1) is 0 Å². The largest absolute Gasteiger partial charge is 0.497 e. The predicted octanol–water partition coefficient (Wildman–Crippen LogP) is 4.95. The summed E-state index contributed by atoms with van der Waals surface area (Å²) in [6.45, 7) is 2.72. The van der Waals surface area contributed by atoms with E-state index in [1.54, 1.807) is 26.4 Å². The van der Waals surface area contributed by atoms with Crippen molar-refractivity contribution < 1.29 is 23.7 Å². The SMILES string of the molecule is COc1ccc2[nH]c3c(c2c1)CC1c2cc(OC)c(OCc4ccc(OC=O)cc4)cc2CCN1C3. The summed E-state index contributed by atoms with van der Waals surface area (Å²) in [5.41, 5.74) is 7.43. The van der Waals surface area contributed by atoms with Crippen LogP contribution in [-0.4, -0.2) is 37.1 Å². The van der Waals surface area contributed by atoms with Gasteiger partial charge in [0.05, 0.1) is 14.2 Å². The first-order valence-corrected chi connectivity index (χ1v) is 12.1. The maximum atomic E-state index is 10.5. The van der Waals surface area contributed by atoms with Crippen molar-refractivity contribution in [2.75, 3.05) is 20.8 Å². The standard InChI is InChI=1S/C29H28N2O5/c1-33-21-7-8-25-23(12-21)24-13-27-22-14-28(34-2)29(11-19(22)9-10-31(27)15-26(24)30-25)35-16-18-3-5-20(6-4-18)36-17-32/h3-8,11-12,14,17,27,30H,9-10,13,15-16H2,1-2H3. The zero-order chi connectivity index (χ0) is 24.6. The Bertz CT molecular complexity index is 1430. The number of fused-ring (bicyclic) bond motifs is 6. The highest BCUT2D eigenvalue weighted by Gasteiger charge is 2.34. The average Bonchev–Trinajstić information content (AvgIpc) is 3.27. The number of hydrogen-bond acceptors (Lipinski definition) is 6. The van der Waals surface area contributed by atoms with Crippen LogP contribution in [0.5, 0.6) is 23.0 Å². The van der Waals surface area contributed by atoms with E-state index in [0.717, 1.165) is 54.3 Å². The van der Waals surface area contributed by atoms with E-state index in [1.165, 1.54) is 27.8 Å². The topological polar surface area (TPSA) is 73.0 Å². The van der Waals surface area contributed by atoms with Gasteiger partial charge in [-0.15, -0.1) is 0 Å². The molecule has 184 valence electrons. The lowest BCUT2D eigenvalue weighted by Crippen LogP contribution is -2.39. The molecule has 0 radical (unpaired) electrons. The van der Waals surface area contributed by atoms with Crippen molar-refractivity contribution in [1.29, 1.82) is 0 Å². The molecular weight excluding hydrogens is 456 g/mol. The molecule has 2 aliphatic heterocycles. The van der Waals surface area contributed by atoms with Gasteiger partial charge in [0.15, 0.2) is 11.5 Å². The molecule has 0 saturated carbocycles. The molecule has 1 N–H and O–H groups in total. The van der Waals surface area contributed by atoms with Crippen LogP contribution in [0.25, 0.3) is 10.9 Å². The monoisotopic (exact) mass is 484 g/mol. The van der Waals surface area contributed by atoms with Crippen LogP contribution in [0.1, 0.15) is 34.0 Å². The fourth-order valence-electron chi connectivity index (χ4n) is 5.52. The van der Waals surface area contributed by atoms with Gasteiger partial charge in [-0.2, -0.15) is 0 Å². The Hall–Kier alpha value is -3.97. The third-order valence-corrected chi connectivity index (χ3v) is 7.36. The summed E-state index contributed by atoms with van der Waals surface area (Å²) in [6.07, 6.45) is 1.90. The van der Waals surface area contributed by atoms with Gasteiger partial charge < -0.3 is 23.9 Å². The summed E-state index contributed by atoms with van der Waals surface area (Å²) >= 11 is 0. The third-order valence-electron chi connectivity index (χ3n) is 7.36. The van der Waals surface area contributed by atoms with Crippen LogP contribution in [0.4, 0.5) is 0 Å². The second-order valence-corrected chi connectivity index (χ2v) is 9.28. The van der Waals surface area contributed by atoms with Crippen LogP contribution in [0.15, 0.2) is 54.6 Å². The van der Waals surface area contributed by atoms with Gasteiger partial charge in [-0.25, -0.2) is 0 Å². The summed E-state index contributed by atoms with van der Waals surface area (Å²) in [5.74, 6) is 2.87. The molecule has 0 amide bonds. The van der Waals surface area contributed by atoms with Crippen LogP contribution in [0.2, 0.25) is 0 Å². The maximum Gasteiger partial charge on any atom is 0.298 e. The number of hydrogen-bond donors (Lipinski definition) is 1. The van der Waals surface area contributed by atoms with Gasteiger partial charge in [0.1, 0.15) is 18.1 Å². The molecule has 0 aliphatic carbocycles. The van der Waals surface area contributed by atoms with E-state index in [2.05, 4.69) is 34.1 Å². The summed E-state index contributed by atoms with van der Waals surface area (Å²) in [6, 6.07) is 18.1. The molecule has 6 rings (SSSR count). The fraction of sp³-hybridized carbons (Fsp3) is 0.276. The number of nitrogens with one attached hydrogen (secondary N) is 1. The number of carbonyl (C=O) groups excluding carboxylic acids is 1. The van der Waals surface area contributed by atoms with E-state index in [9.17, 15) is 4.79 Å². The lowest BCUT2D eigenvalue weighted by atomic mass is 9.85. The fourth-order valence-corrected chi connectivity index (χ4v) is 5.52. The molecule has 36 heavy (non-hydrogen) atoms. The molecule has 3 heterocycles. The Morgan fingerprint density at radius 1 is 1.00 bits per heavy atom. The Labute approximate surface area is 209 Å². The van der Waals surface area contributed by atoms with Gasteiger partial charge in [-0.05, 0) is 77.6 Å². The van der Waals surface area contributed by atoms with Crippen LogP contribution in [-0.2, 0) is 30.8 Å². The first-order valence-electron chi connectivity index (χ1n) is 12.1. The van der Waals surface area contributed by atoms with Gasteiger partial charge in [0, 0.05) is 35.7 Å². The molecular formula is C29H28N2O5. The van der Waals surface area contributed by atoms with E-state index < -0.39 is 0 Å². The highest BCUT2D eigenvalue weighted by Crippen LogP contribution is 2.44. The van der Waals surface area contributed by atoms with Crippen molar-refractivity contribution in [2.45, 2.75) is 32.0 Å². The number of aromatic amines is 1. The predicted molar refractivity (Wildman–Crippen MR) is 136 cm³/mol. The summed E-state index contributed by atoms with van der Waals surface area (Å²) in [5, 5.41) is 1.24. The molecule has 1 unspecified atom stereocenters. The Balaban J connectivity index is 1.27. The molecule has 3 aromatic carbocycles. The van der Waals surface area contributed by atoms with Gasteiger partial charge >= 0.3 is 0 Å². The van der Waals surface area contributed by atoms with E-state index in [1.807, 2.05) is 18.2 Å². The van der Waals surface area contributed by atoms with Crippen molar-refractivity contribution in [3.05, 3.63) is 82.5 Å². The second-order valence-electron chi connectivity index (χ2n) is 9.28.